The van der Waals surface area contributed by atoms with E-state index in [-0.39, 0.29) is 0 Å². The molecule has 0 saturated heterocycles. The molecule has 3 nitrogen and oxygen atoms in total. The van der Waals surface area contributed by atoms with E-state index in [9.17, 15) is 4.57 Å². The van der Waals surface area contributed by atoms with Crippen molar-refractivity contribution in [3.63, 3.8) is 0 Å². The molecule has 1 rings (SSSR count). The Hall–Kier alpha value is -0.890. The van der Waals surface area contributed by atoms with Crippen molar-refractivity contribution in [2.75, 3.05) is 0 Å². The van der Waals surface area contributed by atoms with Crippen LogP contribution in [-0.2, 0) is 4.57 Å². The summed E-state index contributed by atoms with van der Waals surface area (Å²) < 4.78 is 10.4. The maximum atomic E-state index is 10.4. The van der Waals surface area contributed by atoms with Crippen LogP contribution in [0.1, 0.15) is 11.4 Å². The molecular formula is C9H13O3P. The highest BCUT2D eigenvalue weighted by Crippen LogP contribution is 2.34. The Balaban J connectivity index is 0.000000671. The topological polar surface area (TPSA) is 57.5 Å². The number of hydrogen-bond donors (Lipinski definition) is 2. The maximum absolute atomic E-state index is 10.4. The number of aliphatic hydroxyl groups excluding tert-OH is 1. The molecule has 0 radical (unpaired) electrons. The third kappa shape index (κ3) is 4.04. The predicted molar refractivity (Wildman–Crippen MR) is 53.9 cm³/mol. The van der Waals surface area contributed by atoms with Gasteiger partial charge in [-0.25, -0.2) is 0 Å². The number of rotatable bonds is 2. The van der Waals surface area contributed by atoms with E-state index >= 15 is 0 Å². The van der Waals surface area contributed by atoms with Crippen LogP contribution in [0.5, 0.6) is 0 Å². The minimum atomic E-state index is -2.86. The molecule has 0 aromatic heterocycles. The van der Waals surface area contributed by atoms with E-state index < -0.39 is 13.9 Å². The maximum Gasteiger partial charge on any atom is 0.221 e. The first kappa shape index (κ1) is 12.1. The zero-order valence-corrected chi connectivity index (χ0v) is 8.18. The Kier molecular flexibility index (Phi) is 6.15. The van der Waals surface area contributed by atoms with E-state index in [4.69, 9.17) is 10.00 Å². The first-order chi connectivity index (χ1) is 6.22. The van der Waals surface area contributed by atoms with Gasteiger partial charge in [-0.1, -0.05) is 30.3 Å². The first-order valence-electron chi connectivity index (χ1n) is 3.67. The smallest absolute Gasteiger partial charge is 0.221 e. The summed E-state index contributed by atoms with van der Waals surface area (Å²) in [6.07, 6.45) is 0. The molecule has 4 heteroatoms. The van der Waals surface area contributed by atoms with Crippen molar-refractivity contribution >= 4 is 8.03 Å². The third-order valence-corrected chi connectivity index (χ3v) is 2.15. The van der Waals surface area contributed by atoms with Crippen molar-refractivity contribution in [1.82, 2.24) is 0 Å². The summed E-state index contributed by atoms with van der Waals surface area (Å²) in [5.74, 6) is -1.22. The second-order valence-electron chi connectivity index (χ2n) is 2.15. The van der Waals surface area contributed by atoms with Gasteiger partial charge in [0, 0.05) is 0 Å². The van der Waals surface area contributed by atoms with Crippen molar-refractivity contribution in [2.24, 2.45) is 0 Å². The van der Waals surface area contributed by atoms with Gasteiger partial charge in [-0.3, -0.25) is 4.57 Å². The minimum absolute atomic E-state index is 0.485. The molecule has 0 aliphatic rings. The van der Waals surface area contributed by atoms with Crippen LogP contribution in [0.25, 0.3) is 0 Å². The van der Waals surface area contributed by atoms with Crippen molar-refractivity contribution in [2.45, 2.75) is 5.85 Å². The zero-order valence-electron chi connectivity index (χ0n) is 7.18. The van der Waals surface area contributed by atoms with Crippen LogP contribution in [-0.4, -0.2) is 10.00 Å². The fourth-order valence-electron chi connectivity index (χ4n) is 0.778. The van der Waals surface area contributed by atoms with Crippen LogP contribution in [0.2, 0.25) is 0 Å². The van der Waals surface area contributed by atoms with Crippen LogP contribution in [0.15, 0.2) is 43.5 Å². The fourth-order valence-corrected chi connectivity index (χ4v) is 1.26. The fraction of sp³-hybridized carbons (Fsp3) is 0.111. The summed E-state index contributed by atoms with van der Waals surface area (Å²) in [4.78, 5) is 8.57. The van der Waals surface area contributed by atoms with Crippen LogP contribution >= 0.6 is 8.03 Å². The van der Waals surface area contributed by atoms with Crippen LogP contribution in [0.4, 0.5) is 0 Å². The standard InChI is InChI=1S/C7H9O3P.C2H4/c8-7(11(9)10)6-4-2-1-3-5-6;1-2/h1-5,7-8,11H,(H,9,10);1-2H2. The Morgan fingerprint density at radius 3 is 2.08 bits per heavy atom. The van der Waals surface area contributed by atoms with Gasteiger partial charge in [0.25, 0.3) is 0 Å². The highest BCUT2D eigenvalue weighted by Gasteiger charge is 2.10. The van der Waals surface area contributed by atoms with Crippen LogP contribution in [0, 0.1) is 0 Å². The lowest BCUT2D eigenvalue weighted by Gasteiger charge is -2.04. The van der Waals surface area contributed by atoms with Gasteiger partial charge in [0.15, 0.2) is 5.85 Å². The quantitative estimate of drug-likeness (QED) is 0.566. The summed E-state index contributed by atoms with van der Waals surface area (Å²) in [5.41, 5.74) is 0.485. The average molecular weight is 200 g/mol. The predicted octanol–water partition coefficient (Wildman–Crippen LogP) is 1.95. The lowest BCUT2D eigenvalue weighted by molar-refractivity contribution is 0.243. The summed E-state index contributed by atoms with van der Waals surface area (Å²) in [6, 6.07) is 8.43. The number of benzene rings is 1. The van der Waals surface area contributed by atoms with Gasteiger partial charge in [0.1, 0.15) is 0 Å². The molecule has 0 amide bonds. The second-order valence-corrected chi connectivity index (χ2v) is 3.37. The molecule has 13 heavy (non-hydrogen) atoms. The minimum Gasteiger partial charge on any atom is -0.378 e. The first-order valence-corrected chi connectivity index (χ1v) is 5.11. The van der Waals surface area contributed by atoms with E-state index in [0.29, 0.717) is 5.56 Å². The number of aliphatic hydroxyl groups is 1. The van der Waals surface area contributed by atoms with Crippen molar-refractivity contribution in [1.29, 1.82) is 0 Å². The molecule has 2 unspecified atom stereocenters. The molecule has 0 saturated carbocycles. The van der Waals surface area contributed by atoms with E-state index in [0.717, 1.165) is 0 Å². The highest BCUT2D eigenvalue weighted by molar-refractivity contribution is 7.38. The van der Waals surface area contributed by atoms with Gasteiger partial charge in [-0.05, 0) is 5.56 Å². The van der Waals surface area contributed by atoms with E-state index in [1.807, 2.05) is 0 Å². The van der Waals surface area contributed by atoms with Gasteiger partial charge in [0.2, 0.25) is 8.03 Å². The SMILES string of the molecule is C=C.O=[PH](O)C(O)c1ccccc1. The molecule has 72 valence electrons. The second kappa shape index (κ2) is 6.61. The van der Waals surface area contributed by atoms with Gasteiger partial charge in [0.05, 0.1) is 0 Å². The Morgan fingerprint density at radius 1 is 1.23 bits per heavy atom. The Morgan fingerprint density at radius 2 is 1.69 bits per heavy atom. The summed E-state index contributed by atoms with van der Waals surface area (Å²) in [5, 5.41) is 9.08. The molecule has 1 aromatic rings. The lowest BCUT2D eigenvalue weighted by Crippen LogP contribution is -1.89. The van der Waals surface area contributed by atoms with E-state index in [2.05, 4.69) is 13.2 Å². The molecule has 0 aliphatic carbocycles. The van der Waals surface area contributed by atoms with E-state index in [1.54, 1.807) is 30.3 Å². The highest BCUT2D eigenvalue weighted by atomic mass is 31.1. The molecule has 0 aliphatic heterocycles. The summed E-state index contributed by atoms with van der Waals surface area (Å²) >= 11 is 0. The molecule has 2 N–H and O–H groups in total. The molecule has 0 bridgehead atoms. The normalized spacial score (nSPS) is 13.7. The van der Waals surface area contributed by atoms with E-state index in [1.165, 1.54) is 0 Å². The molecule has 0 fully saturated rings. The summed E-state index contributed by atoms with van der Waals surface area (Å²) in [6.45, 7) is 6.00. The molecule has 0 heterocycles. The van der Waals surface area contributed by atoms with Gasteiger partial charge < -0.3 is 10.00 Å². The average Bonchev–Trinajstić information content (AvgIpc) is 2.21. The summed E-state index contributed by atoms with van der Waals surface area (Å²) in [7, 11) is -2.86. The monoisotopic (exact) mass is 200 g/mol. The van der Waals surface area contributed by atoms with Crippen molar-refractivity contribution in [3.05, 3.63) is 49.1 Å². The van der Waals surface area contributed by atoms with Gasteiger partial charge in [-0.15, -0.1) is 13.2 Å². The Labute approximate surface area is 78.2 Å². The molecular weight excluding hydrogens is 187 g/mol. The van der Waals surface area contributed by atoms with Crippen LogP contribution < -0.4 is 0 Å². The molecule has 2 atom stereocenters. The van der Waals surface area contributed by atoms with Gasteiger partial charge in [-0.2, -0.15) is 0 Å². The van der Waals surface area contributed by atoms with Gasteiger partial charge >= 0.3 is 0 Å². The van der Waals surface area contributed by atoms with Crippen LogP contribution in [0.3, 0.4) is 0 Å². The van der Waals surface area contributed by atoms with Crippen molar-refractivity contribution < 1.29 is 14.6 Å². The van der Waals surface area contributed by atoms with Crippen molar-refractivity contribution in [3.8, 4) is 0 Å². The molecule has 0 spiro atoms. The lowest BCUT2D eigenvalue weighted by atomic mass is 10.2. The molecule has 1 aromatic carbocycles. The Bertz CT molecular complexity index is 261. The zero-order chi connectivity index (χ0) is 10.3. The third-order valence-electron chi connectivity index (χ3n) is 1.35. The number of hydrogen-bond acceptors (Lipinski definition) is 2. The largest absolute Gasteiger partial charge is 0.378 e.